The molecule has 1 saturated heterocycles. The molecule has 0 bridgehead atoms. The number of benzene rings is 2. The zero-order valence-corrected chi connectivity index (χ0v) is 16.0. The second kappa shape index (κ2) is 8.21. The van der Waals surface area contributed by atoms with Crippen LogP contribution in [-0.2, 0) is 9.59 Å². The molecule has 1 fully saturated rings. The van der Waals surface area contributed by atoms with E-state index in [1.807, 2.05) is 6.07 Å². The van der Waals surface area contributed by atoms with Gasteiger partial charge in [0.25, 0.3) is 11.8 Å². The lowest BCUT2D eigenvalue weighted by atomic mass is 10.1. The van der Waals surface area contributed by atoms with E-state index in [4.69, 9.17) is 37.9 Å². The van der Waals surface area contributed by atoms with Gasteiger partial charge < -0.3 is 9.47 Å². The topological polar surface area (TPSA) is 91.7 Å². The lowest BCUT2D eigenvalue weighted by Gasteiger charge is -2.15. The van der Waals surface area contributed by atoms with Crippen molar-refractivity contribution >= 4 is 46.8 Å². The number of ether oxygens (including phenoxy) is 2. The third-order valence-electron chi connectivity index (χ3n) is 3.84. The predicted molar refractivity (Wildman–Crippen MR) is 104 cm³/mol. The molecule has 0 radical (unpaired) electrons. The van der Waals surface area contributed by atoms with E-state index in [9.17, 15) is 9.59 Å². The standard InChI is InChI=1S/C19H13Cl2N3O4/c1-27-17-9-11(2-5-16(17)28-7-6-22)8-13-18(25)23-24(19(13)26)12-3-4-14(20)15(21)10-12/h2-5,8-10H,7H2,1H3,(H,23,25)/b13-8+. The first kappa shape index (κ1) is 19.5. The van der Waals surface area contributed by atoms with Crippen LogP contribution < -0.4 is 19.9 Å². The van der Waals surface area contributed by atoms with Gasteiger partial charge in [-0.3, -0.25) is 15.0 Å². The Kier molecular flexibility index (Phi) is 5.73. The third kappa shape index (κ3) is 3.88. The highest BCUT2D eigenvalue weighted by Crippen LogP contribution is 2.31. The molecule has 142 valence electrons. The molecule has 1 heterocycles. The molecule has 0 aromatic heterocycles. The van der Waals surface area contributed by atoms with Gasteiger partial charge in [0.05, 0.1) is 22.8 Å². The maximum atomic E-state index is 12.7. The first-order valence-corrected chi connectivity index (χ1v) is 8.70. The van der Waals surface area contributed by atoms with Crippen LogP contribution in [0.1, 0.15) is 5.56 Å². The van der Waals surface area contributed by atoms with Gasteiger partial charge in [-0.2, -0.15) is 5.26 Å². The van der Waals surface area contributed by atoms with Crippen molar-refractivity contribution in [2.24, 2.45) is 0 Å². The summed E-state index contributed by atoms with van der Waals surface area (Å²) in [5.74, 6) is -0.338. The van der Waals surface area contributed by atoms with E-state index in [-0.39, 0.29) is 17.2 Å². The number of halogens is 2. The molecule has 2 aromatic rings. The fraction of sp³-hybridized carbons (Fsp3) is 0.105. The number of methoxy groups -OCH3 is 1. The lowest BCUT2D eigenvalue weighted by Crippen LogP contribution is -2.35. The quantitative estimate of drug-likeness (QED) is 0.594. The van der Waals surface area contributed by atoms with E-state index in [0.717, 1.165) is 5.01 Å². The number of hydrogen-bond donors (Lipinski definition) is 1. The van der Waals surface area contributed by atoms with Crippen LogP contribution in [0.4, 0.5) is 5.69 Å². The summed E-state index contributed by atoms with van der Waals surface area (Å²) in [6, 6.07) is 11.3. The average molecular weight is 418 g/mol. The summed E-state index contributed by atoms with van der Waals surface area (Å²) >= 11 is 11.9. The Balaban J connectivity index is 1.90. The number of hydrogen-bond acceptors (Lipinski definition) is 5. The molecule has 9 heteroatoms. The van der Waals surface area contributed by atoms with Gasteiger partial charge in [-0.05, 0) is 42.0 Å². The molecule has 2 aromatic carbocycles. The highest BCUT2D eigenvalue weighted by atomic mass is 35.5. The van der Waals surface area contributed by atoms with E-state index in [1.54, 1.807) is 24.3 Å². The van der Waals surface area contributed by atoms with Crippen molar-refractivity contribution in [2.45, 2.75) is 0 Å². The Labute approximate surface area is 170 Å². The smallest absolute Gasteiger partial charge is 0.282 e. The monoisotopic (exact) mass is 417 g/mol. The van der Waals surface area contributed by atoms with Crippen LogP contribution in [0.2, 0.25) is 10.0 Å². The van der Waals surface area contributed by atoms with Gasteiger partial charge in [0.2, 0.25) is 0 Å². The van der Waals surface area contributed by atoms with E-state index in [1.165, 1.54) is 25.3 Å². The minimum atomic E-state index is -0.556. The summed E-state index contributed by atoms with van der Waals surface area (Å²) in [4.78, 5) is 25.0. The molecule has 28 heavy (non-hydrogen) atoms. The number of nitrogens with one attached hydrogen (secondary N) is 1. The predicted octanol–water partition coefficient (Wildman–Crippen LogP) is 3.37. The van der Waals surface area contributed by atoms with Crippen molar-refractivity contribution in [1.82, 2.24) is 5.43 Å². The van der Waals surface area contributed by atoms with Crippen LogP contribution in [0.15, 0.2) is 42.0 Å². The van der Waals surface area contributed by atoms with Gasteiger partial charge in [-0.15, -0.1) is 0 Å². The maximum Gasteiger partial charge on any atom is 0.282 e. The zero-order chi connectivity index (χ0) is 20.3. The molecular weight excluding hydrogens is 405 g/mol. The van der Waals surface area contributed by atoms with Gasteiger partial charge in [0, 0.05) is 0 Å². The maximum absolute atomic E-state index is 12.7. The van der Waals surface area contributed by atoms with Gasteiger partial charge in [0.1, 0.15) is 11.6 Å². The van der Waals surface area contributed by atoms with Crippen LogP contribution in [0.25, 0.3) is 6.08 Å². The summed E-state index contributed by atoms with van der Waals surface area (Å²) in [7, 11) is 1.45. The molecular formula is C19H13Cl2N3O4. The number of carbonyl (C=O) groups excluding carboxylic acids is 2. The molecule has 0 saturated carbocycles. The van der Waals surface area contributed by atoms with Crippen LogP contribution in [0.3, 0.4) is 0 Å². The molecule has 1 aliphatic rings. The van der Waals surface area contributed by atoms with Crippen molar-refractivity contribution < 1.29 is 19.1 Å². The highest BCUT2D eigenvalue weighted by molar-refractivity contribution is 6.42. The number of amides is 2. The second-order valence-corrected chi connectivity index (χ2v) is 6.41. The van der Waals surface area contributed by atoms with Gasteiger partial charge in [-0.25, -0.2) is 5.01 Å². The number of nitriles is 1. The number of hydrazine groups is 1. The minimum Gasteiger partial charge on any atom is -0.493 e. The first-order valence-electron chi connectivity index (χ1n) is 7.94. The fourth-order valence-corrected chi connectivity index (χ4v) is 2.83. The van der Waals surface area contributed by atoms with E-state index in [2.05, 4.69) is 5.43 Å². The molecule has 1 N–H and O–H groups in total. The summed E-state index contributed by atoms with van der Waals surface area (Å²) in [5, 5.41) is 10.3. The van der Waals surface area contributed by atoms with Crippen molar-refractivity contribution in [3.63, 3.8) is 0 Å². The molecule has 0 unspecified atom stereocenters. The van der Waals surface area contributed by atoms with E-state index in [0.29, 0.717) is 27.8 Å². The molecule has 3 rings (SSSR count). The number of carbonyl (C=O) groups is 2. The molecule has 0 atom stereocenters. The molecule has 2 amide bonds. The van der Waals surface area contributed by atoms with E-state index >= 15 is 0 Å². The van der Waals surface area contributed by atoms with Crippen molar-refractivity contribution in [1.29, 1.82) is 5.26 Å². The first-order chi connectivity index (χ1) is 13.4. The number of anilines is 1. The summed E-state index contributed by atoms with van der Waals surface area (Å²) in [6.45, 7) is -0.129. The lowest BCUT2D eigenvalue weighted by molar-refractivity contribution is -0.117. The largest absolute Gasteiger partial charge is 0.493 e. The summed E-state index contributed by atoms with van der Waals surface area (Å²) in [5.41, 5.74) is 3.37. The molecule has 1 aliphatic heterocycles. The summed E-state index contributed by atoms with van der Waals surface area (Å²) in [6.07, 6.45) is 1.44. The van der Waals surface area contributed by atoms with Crippen LogP contribution in [0.5, 0.6) is 11.5 Å². The highest BCUT2D eigenvalue weighted by Gasteiger charge is 2.34. The number of nitrogens with zero attached hydrogens (tertiary/aromatic N) is 2. The molecule has 0 spiro atoms. The van der Waals surface area contributed by atoms with Gasteiger partial charge in [-0.1, -0.05) is 29.3 Å². The summed E-state index contributed by atoms with van der Waals surface area (Å²) < 4.78 is 10.5. The molecule has 7 nitrogen and oxygen atoms in total. The Morgan fingerprint density at radius 1 is 1.14 bits per heavy atom. The second-order valence-electron chi connectivity index (χ2n) is 5.60. The Morgan fingerprint density at radius 3 is 2.61 bits per heavy atom. The van der Waals surface area contributed by atoms with Crippen LogP contribution in [0, 0.1) is 11.3 Å². The van der Waals surface area contributed by atoms with Gasteiger partial charge >= 0.3 is 0 Å². The Morgan fingerprint density at radius 2 is 1.93 bits per heavy atom. The van der Waals surface area contributed by atoms with Crippen molar-refractivity contribution in [3.8, 4) is 17.6 Å². The van der Waals surface area contributed by atoms with Crippen LogP contribution >= 0.6 is 23.2 Å². The molecule has 0 aliphatic carbocycles. The van der Waals surface area contributed by atoms with Gasteiger partial charge in [0.15, 0.2) is 18.1 Å². The fourth-order valence-electron chi connectivity index (χ4n) is 2.53. The zero-order valence-electron chi connectivity index (χ0n) is 14.5. The van der Waals surface area contributed by atoms with Crippen LogP contribution in [-0.4, -0.2) is 25.5 Å². The number of rotatable bonds is 5. The third-order valence-corrected chi connectivity index (χ3v) is 4.58. The normalized spacial score (nSPS) is 14.8. The van der Waals surface area contributed by atoms with Crippen molar-refractivity contribution in [3.05, 3.63) is 57.6 Å². The minimum absolute atomic E-state index is 0.0566. The Bertz CT molecular complexity index is 1030. The Hall–Kier alpha value is -3.21. The van der Waals surface area contributed by atoms with Crippen molar-refractivity contribution in [2.75, 3.05) is 18.7 Å². The SMILES string of the molecule is COc1cc(/C=C2\C(=O)NN(c3ccc(Cl)c(Cl)c3)C2=O)ccc1OCC#N. The average Bonchev–Trinajstić information content (AvgIpc) is 2.97. The van der Waals surface area contributed by atoms with E-state index < -0.39 is 11.8 Å².